The minimum Gasteiger partial charge on any atom is -0.495 e. The average molecular weight is 354 g/mol. The summed E-state index contributed by atoms with van der Waals surface area (Å²) in [4.78, 5) is 30.7. The van der Waals surface area contributed by atoms with Gasteiger partial charge in [0.05, 0.1) is 19.1 Å². The fourth-order valence-electron chi connectivity index (χ4n) is 3.36. The van der Waals surface area contributed by atoms with E-state index >= 15 is 0 Å². The van der Waals surface area contributed by atoms with Gasteiger partial charge in [-0.05, 0) is 44.7 Å². The molecule has 4 rings (SSSR count). The van der Waals surface area contributed by atoms with E-state index in [1.165, 1.54) is 22.0 Å². The fourth-order valence-corrected chi connectivity index (χ4v) is 3.36. The van der Waals surface area contributed by atoms with Gasteiger partial charge in [0.2, 0.25) is 0 Å². The summed E-state index contributed by atoms with van der Waals surface area (Å²) in [5.74, 6) is 1.15. The molecule has 2 heterocycles. The second-order valence-corrected chi connectivity index (χ2v) is 7.07. The zero-order chi connectivity index (χ0) is 18.4. The Morgan fingerprint density at radius 1 is 1.23 bits per heavy atom. The lowest BCUT2D eigenvalue weighted by atomic mass is 10.2. The Morgan fingerprint density at radius 2 is 1.96 bits per heavy atom. The van der Waals surface area contributed by atoms with Gasteiger partial charge in [0.1, 0.15) is 5.75 Å². The first kappa shape index (κ1) is 16.6. The van der Waals surface area contributed by atoms with Gasteiger partial charge in [-0.25, -0.2) is 14.3 Å². The minimum absolute atomic E-state index is 0.260. The molecule has 1 aliphatic carbocycles. The number of para-hydroxylation sites is 2. The van der Waals surface area contributed by atoms with Crippen molar-refractivity contribution in [3.05, 3.63) is 51.4 Å². The molecular formula is C19H22N4O3. The molecule has 0 atom stereocenters. The van der Waals surface area contributed by atoms with Gasteiger partial charge in [0, 0.05) is 12.6 Å². The quantitative estimate of drug-likeness (QED) is 0.705. The predicted molar refractivity (Wildman–Crippen MR) is 99.3 cm³/mol. The van der Waals surface area contributed by atoms with Gasteiger partial charge in [0.25, 0.3) is 5.56 Å². The Morgan fingerprint density at radius 3 is 2.62 bits per heavy atom. The summed E-state index contributed by atoms with van der Waals surface area (Å²) in [6, 6.07) is 7.01. The molecule has 1 aromatic carbocycles. The van der Waals surface area contributed by atoms with Crippen molar-refractivity contribution >= 4 is 11.2 Å². The van der Waals surface area contributed by atoms with Crippen molar-refractivity contribution in [3.63, 3.8) is 0 Å². The van der Waals surface area contributed by atoms with Gasteiger partial charge in [-0.3, -0.25) is 9.36 Å². The molecule has 0 radical (unpaired) electrons. The predicted octanol–water partition coefficient (Wildman–Crippen LogP) is 2.35. The molecule has 0 aliphatic heterocycles. The van der Waals surface area contributed by atoms with Gasteiger partial charge >= 0.3 is 5.69 Å². The summed E-state index contributed by atoms with van der Waals surface area (Å²) >= 11 is 0. The van der Waals surface area contributed by atoms with E-state index in [4.69, 9.17) is 4.74 Å². The summed E-state index contributed by atoms with van der Waals surface area (Å²) < 4.78 is 10.1. The van der Waals surface area contributed by atoms with E-state index in [1.54, 1.807) is 25.6 Å². The summed E-state index contributed by atoms with van der Waals surface area (Å²) in [5, 5.41) is 0. The van der Waals surface area contributed by atoms with Crippen LogP contribution in [0.4, 0.5) is 0 Å². The van der Waals surface area contributed by atoms with Crippen LogP contribution in [0.15, 0.2) is 40.2 Å². The molecule has 0 bridgehead atoms. The summed E-state index contributed by atoms with van der Waals surface area (Å²) in [6.45, 7) is 4.43. The molecule has 0 spiro atoms. The molecule has 7 heteroatoms. The summed E-state index contributed by atoms with van der Waals surface area (Å²) in [6.07, 6.45) is 4.01. The second-order valence-electron chi connectivity index (χ2n) is 7.07. The van der Waals surface area contributed by atoms with E-state index in [-0.39, 0.29) is 11.6 Å². The van der Waals surface area contributed by atoms with Crippen LogP contribution in [-0.2, 0) is 6.54 Å². The summed E-state index contributed by atoms with van der Waals surface area (Å²) in [7, 11) is 1.56. The molecule has 0 N–H and O–H groups in total. The molecule has 136 valence electrons. The highest BCUT2D eigenvalue weighted by atomic mass is 16.5. The van der Waals surface area contributed by atoms with Gasteiger partial charge in [-0.2, -0.15) is 0 Å². The maximum absolute atomic E-state index is 13.2. The largest absolute Gasteiger partial charge is 0.495 e. The number of methoxy groups -OCH3 is 1. The standard InChI is InChI=1S/C19H22N4O3/c1-12(2)22-18(24)16-17(20-11-21(16)10-13-8-9-13)23(19(22)25)14-6-4-5-7-15(14)26-3/h4-7,11-13H,8-10H2,1-3H3. The fraction of sp³-hybridized carbons (Fsp3) is 0.421. The molecule has 3 aromatic rings. The van der Waals surface area contributed by atoms with Crippen molar-refractivity contribution in [1.29, 1.82) is 0 Å². The van der Waals surface area contributed by atoms with Crippen LogP contribution in [0.25, 0.3) is 16.9 Å². The zero-order valence-corrected chi connectivity index (χ0v) is 15.2. The number of rotatable bonds is 5. The van der Waals surface area contributed by atoms with Gasteiger partial charge in [0.15, 0.2) is 11.2 Å². The number of benzene rings is 1. The number of aromatic nitrogens is 4. The van der Waals surface area contributed by atoms with E-state index in [0.717, 1.165) is 6.54 Å². The third kappa shape index (κ3) is 2.55. The highest BCUT2D eigenvalue weighted by Gasteiger charge is 2.26. The number of imidazole rings is 1. The highest BCUT2D eigenvalue weighted by molar-refractivity contribution is 5.73. The van der Waals surface area contributed by atoms with Crippen LogP contribution in [0.3, 0.4) is 0 Å². The lowest BCUT2D eigenvalue weighted by Gasteiger charge is -2.16. The number of fused-ring (bicyclic) bond motifs is 1. The van der Waals surface area contributed by atoms with E-state index in [9.17, 15) is 9.59 Å². The van der Waals surface area contributed by atoms with Crippen LogP contribution >= 0.6 is 0 Å². The molecule has 0 saturated heterocycles. The number of hydrogen-bond acceptors (Lipinski definition) is 4. The Balaban J connectivity index is 2.10. The van der Waals surface area contributed by atoms with Crippen LogP contribution in [0.1, 0.15) is 32.7 Å². The normalized spacial score (nSPS) is 14.3. The van der Waals surface area contributed by atoms with Crippen LogP contribution in [0.2, 0.25) is 0 Å². The van der Waals surface area contributed by atoms with Crippen molar-refractivity contribution in [2.75, 3.05) is 7.11 Å². The van der Waals surface area contributed by atoms with Gasteiger partial charge in [-0.1, -0.05) is 12.1 Å². The lowest BCUT2D eigenvalue weighted by molar-refractivity contribution is 0.412. The smallest absolute Gasteiger partial charge is 0.337 e. The van der Waals surface area contributed by atoms with E-state index in [0.29, 0.717) is 28.5 Å². The molecule has 1 saturated carbocycles. The molecule has 2 aromatic heterocycles. The zero-order valence-electron chi connectivity index (χ0n) is 15.2. The van der Waals surface area contributed by atoms with E-state index in [2.05, 4.69) is 4.98 Å². The van der Waals surface area contributed by atoms with Gasteiger partial charge < -0.3 is 9.30 Å². The van der Waals surface area contributed by atoms with Crippen molar-refractivity contribution in [3.8, 4) is 11.4 Å². The van der Waals surface area contributed by atoms with Crippen LogP contribution in [0.5, 0.6) is 5.75 Å². The Labute approximate surface area is 150 Å². The number of nitrogens with zero attached hydrogens (tertiary/aromatic N) is 4. The second kappa shape index (κ2) is 6.16. The van der Waals surface area contributed by atoms with E-state index in [1.807, 2.05) is 30.5 Å². The van der Waals surface area contributed by atoms with Crippen molar-refractivity contribution < 1.29 is 4.74 Å². The van der Waals surface area contributed by atoms with Crippen LogP contribution in [0, 0.1) is 5.92 Å². The molecular weight excluding hydrogens is 332 g/mol. The van der Waals surface area contributed by atoms with Crippen LogP contribution < -0.4 is 16.0 Å². The molecule has 0 amide bonds. The Kier molecular flexibility index (Phi) is 3.94. The number of hydrogen-bond donors (Lipinski definition) is 0. The maximum atomic E-state index is 13.2. The lowest BCUT2D eigenvalue weighted by Crippen LogP contribution is -2.41. The SMILES string of the molecule is COc1ccccc1-n1c(=O)n(C(C)C)c(=O)c2c1ncn2CC1CC1. The molecule has 0 unspecified atom stereocenters. The van der Waals surface area contributed by atoms with Crippen molar-refractivity contribution in [1.82, 2.24) is 18.7 Å². The first-order chi connectivity index (χ1) is 12.5. The summed E-state index contributed by atoms with van der Waals surface area (Å²) in [5.41, 5.74) is 0.734. The molecule has 7 nitrogen and oxygen atoms in total. The Bertz CT molecular complexity index is 1090. The van der Waals surface area contributed by atoms with E-state index < -0.39 is 5.69 Å². The van der Waals surface area contributed by atoms with Gasteiger partial charge in [-0.15, -0.1) is 0 Å². The van der Waals surface area contributed by atoms with Crippen LogP contribution in [-0.4, -0.2) is 25.8 Å². The first-order valence-corrected chi connectivity index (χ1v) is 8.88. The minimum atomic E-state index is -0.404. The topological polar surface area (TPSA) is 71.1 Å². The molecule has 1 fully saturated rings. The highest BCUT2D eigenvalue weighted by Crippen LogP contribution is 2.31. The average Bonchev–Trinajstić information content (AvgIpc) is 3.33. The molecule has 1 aliphatic rings. The molecule has 26 heavy (non-hydrogen) atoms. The third-order valence-electron chi connectivity index (χ3n) is 4.84. The van der Waals surface area contributed by atoms with Crippen molar-refractivity contribution in [2.24, 2.45) is 5.92 Å². The maximum Gasteiger partial charge on any atom is 0.337 e. The first-order valence-electron chi connectivity index (χ1n) is 8.88. The monoisotopic (exact) mass is 354 g/mol. The van der Waals surface area contributed by atoms with Crippen molar-refractivity contribution in [2.45, 2.75) is 39.3 Å². The third-order valence-corrected chi connectivity index (χ3v) is 4.84. The Hall–Kier alpha value is -2.83. The number of ether oxygens (including phenoxy) is 1.